The maximum atomic E-state index is 13.7. The third-order valence-electron chi connectivity index (χ3n) is 6.14. The molecule has 0 aromatic heterocycles. The van der Waals surface area contributed by atoms with Crippen molar-refractivity contribution in [3.8, 4) is 5.75 Å². The maximum Gasteiger partial charge on any atom is 0.259 e. The molecule has 1 atom stereocenters. The summed E-state index contributed by atoms with van der Waals surface area (Å²) in [5.41, 5.74) is 2.77. The van der Waals surface area contributed by atoms with Gasteiger partial charge in [-0.25, -0.2) is 4.21 Å². The molecule has 1 aliphatic rings. The Bertz CT molecular complexity index is 1540. The Morgan fingerprint density at radius 1 is 0.946 bits per heavy atom. The van der Waals surface area contributed by atoms with Crippen LogP contribution in [0.25, 0.3) is 0 Å². The summed E-state index contributed by atoms with van der Waals surface area (Å²) >= 11 is 6.20. The van der Waals surface area contributed by atoms with E-state index in [9.17, 15) is 13.8 Å². The second kappa shape index (κ2) is 10.6. The van der Waals surface area contributed by atoms with Gasteiger partial charge in [0.25, 0.3) is 11.8 Å². The molecule has 0 saturated heterocycles. The van der Waals surface area contributed by atoms with Crippen molar-refractivity contribution in [3.63, 3.8) is 0 Å². The molecular weight excluding hydrogens is 508 g/mol. The summed E-state index contributed by atoms with van der Waals surface area (Å²) in [7, 11) is -0.0272. The van der Waals surface area contributed by atoms with Crippen molar-refractivity contribution >= 4 is 39.9 Å². The first-order chi connectivity index (χ1) is 18.0. The van der Waals surface area contributed by atoms with Crippen molar-refractivity contribution in [3.05, 3.63) is 118 Å². The third kappa shape index (κ3) is 5.01. The molecule has 0 fully saturated rings. The minimum Gasteiger partial charge on any atom is -0.496 e. The number of halogens is 1. The van der Waals surface area contributed by atoms with Gasteiger partial charge in [0.05, 0.1) is 45.5 Å². The Morgan fingerprint density at radius 2 is 1.73 bits per heavy atom. The van der Waals surface area contributed by atoms with Crippen LogP contribution in [-0.4, -0.2) is 23.1 Å². The number of fused-ring (bicyclic) bond motifs is 2. The van der Waals surface area contributed by atoms with E-state index in [4.69, 9.17) is 16.3 Å². The van der Waals surface area contributed by atoms with E-state index in [0.717, 1.165) is 11.1 Å². The molecule has 1 unspecified atom stereocenters. The summed E-state index contributed by atoms with van der Waals surface area (Å²) in [5, 5.41) is 3.46. The number of ether oxygens (including phenoxy) is 1. The highest BCUT2D eigenvalue weighted by Crippen LogP contribution is 2.36. The van der Waals surface area contributed by atoms with Crippen LogP contribution in [0.2, 0.25) is 5.02 Å². The van der Waals surface area contributed by atoms with Crippen molar-refractivity contribution in [2.24, 2.45) is 0 Å². The highest BCUT2D eigenvalue weighted by atomic mass is 35.5. The molecule has 1 aliphatic heterocycles. The van der Waals surface area contributed by atoms with Gasteiger partial charge in [-0.1, -0.05) is 54.1 Å². The molecule has 2 amide bonds. The normalized spacial score (nSPS) is 14.4. The van der Waals surface area contributed by atoms with E-state index in [-0.39, 0.29) is 24.9 Å². The molecule has 0 aliphatic carbocycles. The number of amides is 2. The van der Waals surface area contributed by atoms with Gasteiger partial charge >= 0.3 is 0 Å². The topological polar surface area (TPSA) is 75.7 Å². The average molecular weight is 531 g/mol. The van der Waals surface area contributed by atoms with Gasteiger partial charge in [0.1, 0.15) is 5.75 Å². The number of nitrogens with one attached hydrogen (secondary N) is 1. The summed E-state index contributed by atoms with van der Waals surface area (Å²) in [4.78, 5) is 29.3. The lowest BCUT2D eigenvalue weighted by atomic mass is 10.1. The molecule has 0 saturated carbocycles. The highest BCUT2D eigenvalue weighted by Gasteiger charge is 2.31. The number of hydrogen-bond donors (Lipinski definition) is 1. The lowest BCUT2D eigenvalue weighted by Gasteiger charge is -2.24. The van der Waals surface area contributed by atoms with Gasteiger partial charge in [0.2, 0.25) is 0 Å². The second-order valence-corrected chi connectivity index (χ2v) is 10.3. The zero-order chi connectivity index (χ0) is 25.9. The van der Waals surface area contributed by atoms with Gasteiger partial charge in [0, 0.05) is 22.7 Å². The first-order valence-electron chi connectivity index (χ1n) is 11.6. The monoisotopic (exact) mass is 530 g/mol. The zero-order valence-corrected chi connectivity index (χ0v) is 21.5. The van der Waals surface area contributed by atoms with Crippen molar-refractivity contribution in [2.75, 3.05) is 12.0 Å². The van der Waals surface area contributed by atoms with E-state index < -0.39 is 10.8 Å². The van der Waals surface area contributed by atoms with Gasteiger partial charge in [-0.2, -0.15) is 0 Å². The smallest absolute Gasteiger partial charge is 0.259 e. The third-order valence-corrected chi connectivity index (χ3v) is 7.87. The SMILES string of the molecule is COc1ccccc1CNC(=O)c1ccc2c(c1)N(Cc1cccc(Cl)c1)C(=O)c1ccccc1S2=O. The number of benzene rings is 4. The number of anilines is 1. The van der Waals surface area contributed by atoms with E-state index in [1.807, 2.05) is 36.4 Å². The molecule has 0 radical (unpaired) electrons. The van der Waals surface area contributed by atoms with Crippen molar-refractivity contribution < 1.29 is 18.5 Å². The number of methoxy groups -OCH3 is 1. The largest absolute Gasteiger partial charge is 0.496 e. The van der Waals surface area contributed by atoms with Crippen LogP contribution in [0.15, 0.2) is 101 Å². The number of hydrogen-bond acceptors (Lipinski definition) is 4. The molecule has 0 bridgehead atoms. The van der Waals surface area contributed by atoms with Gasteiger partial charge in [-0.3, -0.25) is 9.59 Å². The fourth-order valence-electron chi connectivity index (χ4n) is 4.31. The first-order valence-corrected chi connectivity index (χ1v) is 13.1. The van der Waals surface area contributed by atoms with Crippen LogP contribution in [0.5, 0.6) is 5.75 Å². The summed E-state index contributed by atoms with van der Waals surface area (Å²) in [6.45, 7) is 0.465. The lowest BCUT2D eigenvalue weighted by molar-refractivity contribution is 0.0947. The summed E-state index contributed by atoms with van der Waals surface area (Å²) in [5.74, 6) is 0.0573. The van der Waals surface area contributed by atoms with Gasteiger partial charge < -0.3 is 15.0 Å². The van der Waals surface area contributed by atoms with E-state index in [1.54, 1.807) is 66.6 Å². The molecule has 0 spiro atoms. The van der Waals surface area contributed by atoms with Gasteiger partial charge in [-0.15, -0.1) is 0 Å². The highest BCUT2D eigenvalue weighted by molar-refractivity contribution is 7.85. The van der Waals surface area contributed by atoms with Crippen LogP contribution in [-0.2, 0) is 23.9 Å². The number of para-hydroxylation sites is 1. The van der Waals surface area contributed by atoms with E-state index >= 15 is 0 Å². The van der Waals surface area contributed by atoms with Crippen LogP contribution in [0, 0.1) is 0 Å². The molecule has 8 heteroatoms. The van der Waals surface area contributed by atoms with Crippen LogP contribution in [0.4, 0.5) is 5.69 Å². The molecule has 5 rings (SSSR count). The Labute approximate surface area is 222 Å². The van der Waals surface area contributed by atoms with Crippen LogP contribution < -0.4 is 15.0 Å². The molecule has 4 aromatic rings. The Hall–Kier alpha value is -3.94. The standard InChI is InChI=1S/C29H23ClN2O4S/c1-36-25-11-4-2-8-21(25)17-31-28(33)20-13-14-27-24(16-20)32(18-19-7-6-9-22(30)15-19)29(34)23-10-3-5-12-26(23)37(27)35/h2-16H,17-18H2,1H3,(H,31,33). The number of carbonyl (C=O) groups excluding carboxylic acids is 2. The Morgan fingerprint density at radius 3 is 2.54 bits per heavy atom. The van der Waals surface area contributed by atoms with Crippen LogP contribution >= 0.6 is 11.6 Å². The van der Waals surface area contributed by atoms with Gasteiger partial charge in [0.15, 0.2) is 0 Å². The summed E-state index contributed by atoms with van der Waals surface area (Å²) < 4.78 is 19.0. The predicted molar refractivity (Wildman–Crippen MR) is 144 cm³/mol. The van der Waals surface area contributed by atoms with Crippen LogP contribution in [0.3, 0.4) is 0 Å². The average Bonchev–Trinajstić information content (AvgIpc) is 3.01. The maximum absolute atomic E-state index is 13.7. The van der Waals surface area contributed by atoms with Crippen LogP contribution in [0.1, 0.15) is 31.8 Å². The first kappa shape index (κ1) is 24.7. The molecule has 37 heavy (non-hydrogen) atoms. The zero-order valence-electron chi connectivity index (χ0n) is 19.9. The second-order valence-electron chi connectivity index (χ2n) is 8.46. The lowest BCUT2D eigenvalue weighted by Crippen LogP contribution is -2.31. The minimum atomic E-state index is -1.61. The Balaban J connectivity index is 1.53. The van der Waals surface area contributed by atoms with E-state index in [0.29, 0.717) is 37.4 Å². The molecule has 6 nitrogen and oxygen atoms in total. The summed E-state index contributed by atoms with van der Waals surface area (Å²) in [6, 6.07) is 26.5. The molecule has 186 valence electrons. The fraction of sp³-hybridized carbons (Fsp3) is 0.103. The molecule has 1 N–H and O–H groups in total. The van der Waals surface area contributed by atoms with E-state index in [2.05, 4.69) is 5.32 Å². The number of nitrogens with zero attached hydrogens (tertiary/aromatic N) is 1. The van der Waals surface area contributed by atoms with Crippen molar-refractivity contribution in [1.82, 2.24) is 5.32 Å². The quantitative estimate of drug-likeness (QED) is 0.352. The van der Waals surface area contributed by atoms with Gasteiger partial charge in [-0.05, 0) is 54.1 Å². The Kier molecular flexibility index (Phi) is 7.08. The predicted octanol–water partition coefficient (Wildman–Crippen LogP) is 5.61. The van der Waals surface area contributed by atoms with E-state index in [1.165, 1.54) is 0 Å². The summed E-state index contributed by atoms with van der Waals surface area (Å²) in [6.07, 6.45) is 0. The fourth-order valence-corrected chi connectivity index (χ4v) is 5.86. The molecular formula is C29H23ClN2O4S. The number of rotatable bonds is 6. The minimum absolute atomic E-state index is 0.199. The van der Waals surface area contributed by atoms with Crippen molar-refractivity contribution in [2.45, 2.75) is 22.9 Å². The number of carbonyl (C=O) groups is 2. The molecule has 1 heterocycles. The molecule has 4 aromatic carbocycles. The van der Waals surface area contributed by atoms with Crippen molar-refractivity contribution in [1.29, 1.82) is 0 Å².